The number of amides is 1. The number of carbonyl (C=O) groups is 1. The van der Waals surface area contributed by atoms with Gasteiger partial charge in [0.15, 0.2) is 5.96 Å². The third-order valence-corrected chi connectivity index (χ3v) is 4.42. The van der Waals surface area contributed by atoms with Crippen molar-refractivity contribution in [3.8, 4) is 0 Å². The molecule has 0 radical (unpaired) electrons. The van der Waals surface area contributed by atoms with Crippen LogP contribution in [0.3, 0.4) is 0 Å². The van der Waals surface area contributed by atoms with Gasteiger partial charge < -0.3 is 20.9 Å². The van der Waals surface area contributed by atoms with Gasteiger partial charge in [0.1, 0.15) is 5.82 Å². The van der Waals surface area contributed by atoms with E-state index >= 15 is 0 Å². The lowest BCUT2D eigenvalue weighted by Gasteiger charge is -2.20. The van der Waals surface area contributed by atoms with Crippen LogP contribution in [0.15, 0.2) is 59.6 Å². The number of rotatable bonds is 5. The monoisotopic (exact) mass is 369 g/mol. The molecule has 0 spiro atoms. The standard InChI is InChI=1S/C20H24FN5O/c1-22-20(23-13-19(27)24-16-9-7-15(21)8-10-16)25-17-11-12-26(14-17)18-5-3-2-4-6-18/h2-10,17H,11-14H2,1H3,(H,24,27)(H2,22,23,25). The zero-order chi connectivity index (χ0) is 19.1. The average molecular weight is 369 g/mol. The number of para-hydroxylation sites is 1. The number of hydrogen-bond acceptors (Lipinski definition) is 3. The minimum absolute atomic E-state index is 0.0756. The molecule has 0 aliphatic carbocycles. The molecule has 27 heavy (non-hydrogen) atoms. The Balaban J connectivity index is 1.44. The fourth-order valence-corrected chi connectivity index (χ4v) is 3.04. The number of benzene rings is 2. The van der Waals surface area contributed by atoms with Gasteiger partial charge in [0.05, 0.1) is 6.54 Å². The first kappa shape index (κ1) is 18.7. The number of carbonyl (C=O) groups excluding carboxylic acids is 1. The molecule has 0 aromatic heterocycles. The molecule has 1 saturated heterocycles. The third-order valence-electron chi connectivity index (χ3n) is 4.42. The number of hydrogen-bond donors (Lipinski definition) is 3. The minimum Gasteiger partial charge on any atom is -0.369 e. The van der Waals surface area contributed by atoms with Crippen molar-refractivity contribution < 1.29 is 9.18 Å². The zero-order valence-corrected chi connectivity index (χ0v) is 15.3. The fraction of sp³-hybridized carbons (Fsp3) is 0.300. The van der Waals surface area contributed by atoms with E-state index in [4.69, 9.17) is 0 Å². The number of halogens is 1. The first-order valence-corrected chi connectivity index (χ1v) is 8.96. The van der Waals surface area contributed by atoms with Gasteiger partial charge in [0, 0.05) is 37.6 Å². The molecular weight excluding hydrogens is 345 g/mol. The highest BCUT2D eigenvalue weighted by molar-refractivity contribution is 5.95. The maximum Gasteiger partial charge on any atom is 0.243 e. The Morgan fingerprint density at radius 2 is 1.93 bits per heavy atom. The van der Waals surface area contributed by atoms with Crippen LogP contribution in [0.25, 0.3) is 0 Å². The van der Waals surface area contributed by atoms with Crippen LogP contribution in [0.4, 0.5) is 15.8 Å². The van der Waals surface area contributed by atoms with Gasteiger partial charge in [0.2, 0.25) is 5.91 Å². The summed E-state index contributed by atoms with van der Waals surface area (Å²) in [5, 5.41) is 9.09. The molecule has 1 unspecified atom stereocenters. The average Bonchev–Trinajstić information content (AvgIpc) is 3.16. The number of anilines is 2. The number of guanidine groups is 1. The second-order valence-corrected chi connectivity index (χ2v) is 6.39. The van der Waals surface area contributed by atoms with Crippen molar-refractivity contribution in [2.45, 2.75) is 12.5 Å². The summed E-state index contributed by atoms with van der Waals surface area (Å²) in [6, 6.07) is 16.2. The van der Waals surface area contributed by atoms with Crippen molar-refractivity contribution >= 4 is 23.2 Å². The second-order valence-electron chi connectivity index (χ2n) is 6.39. The van der Waals surface area contributed by atoms with Gasteiger partial charge in [-0.3, -0.25) is 9.79 Å². The lowest BCUT2D eigenvalue weighted by Crippen LogP contribution is -2.46. The highest BCUT2D eigenvalue weighted by Crippen LogP contribution is 2.19. The Hall–Kier alpha value is -3.09. The van der Waals surface area contributed by atoms with Crippen LogP contribution in [-0.2, 0) is 4.79 Å². The van der Waals surface area contributed by atoms with Crippen LogP contribution >= 0.6 is 0 Å². The molecule has 6 nitrogen and oxygen atoms in total. The largest absolute Gasteiger partial charge is 0.369 e. The Morgan fingerprint density at radius 3 is 2.63 bits per heavy atom. The highest BCUT2D eigenvalue weighted by Gasteiger charge is 2.23. The van der Waals surface area contributed by atoms with Crippen molar-refractivity contribution in [1.29, 1.82) is 0 Å². The Bertz CT molecular complexity index is 779. The van der Waals surface area contributed by atoms with Gasteiger partial charge in [0.25, 0.3) is 0 Å². The first-order chi connectivity index (χ1) is 13.1. The van der Waals surface area contributed by atoms with Gasteiger partial charge in [-0.25, -0.2) is 4.39 Å². The number of nitrogens with zero attached hydrogens (tertiary/aromatic N) is 2. The summed E-state index contributed by atoms with van der Waals surface area (Å²) in [6.45, 7) is 1.93. The maximum absolute atomic E-state index is 12.9. The predicted molar refractivity (Wildman–Crippen MR) is 107 cm³/mol. The molecule has 0 bridgehead atoms. The van der Waals surface area contributed by atoms with Gasteiger partial charge in [-0.2, -0.15) is 0 Å². The van der Waals surface area contributed by atoms with Gasteiger partial charge in [-0.05, 0) is 42.8 Å². The molecule has 2 aromatic carbocycles. The molecule has 3 N–H and O–H groups in total. The summed E-state index contributed by atoms with van der Waals surface area (Å²) in [4.78, 5) is 18.5. The lowest BCUT2D eigenvalue weighted by atomic mass is 10.3. The summed E-state index contributed by atoms with van der Waals surface area (Å²) in [7, 11) is 1.68. The van der Waals surface area contributed by atoms with E-state index in [1.165, 1.54) is 30.0 Å². The van der Waals surface area contributed by atoms with Crippen molar-refractivity contribution in [2.24, 2.45) is 4.99 Å². The molecule has 1 atom stereocenters. The molecule has 0 saturated carbocycles. The third kappa shape index (κ3) is 5.44. The molecule has 142 valence electrons. The van der Waals surface area contributed by atoms with Crippen molar-refractivity contribution in [3.63, 3.8) is 0 Å². The van der Waals surface area contributed by atoms with Crippen molar-refractivity contribution in [1.82, 2.24) is 10.6 Å². The van der Waals surface area contributed by atoms with E-state index in [1.54, 1.807) is 7.05 Å². The summed E-state index contributed by atoms with van der Waals surface area (Å²) in [5.41, 5.74) is 1.77. The van der Waals surface area contributed by atoms with E-state index in [2.05, 4.69) is 38.0 Å². The van der Waals surface area contributed by atoms with Crippen LogP contribution in [0, 0.1) is 5.82 Å². The molecule has 7 heteroatoms. The minimum atomic E-state index is -0.336. The van der Waals surface area contributed by atoms with Crippen LogP contribution in [0.2, 0.25) is 0 Å². The Labute approximate surface area is 158 Å². The lowest BCUT2D eigenvalue weighted by molar-refractivity contribution is -0.115. The zero-order valence-electron chi connectivity index (χ0n) is 15.3. The summed E-state index contributed by atoms with van der Waals surface area (Å²) in [6.07, 6.45) is 0.997. The molecule has 1 aliphatic heterocycles. The molecule has 1 heterocycles. The van der Waals surface area contributed by atoms with Crippen LogP contribution in [0.5, 0.6) is 0 Å². The SMILES string of the molecule is CN=C(NCC(=O)Nc1ccc(F)cc1)NC1CCN(c2ccccc2)C1. The fourth-order valence-electron chi connectivity index (χ4n) is 3.04. The summed E-state index contributed by atoms with van der Waals surface area (Å²) in [5.74, 6) is 0.0305. The number of aliphatic imine (C=N–C) groups is 1. The maximum atomic E-state index is 12.9. The van der Waals surface area contributed by atoms with Crippen LogP contribution in [-0.4, -0.2) is 44.6 Å². The topological polar surface area (TPSA) is 68.8 Å². The molecular formula is C20H24FN5O. The van der Waals surface area contributed by atoms with E-state index in [0.29, 0.717) is 11.6 Å². The van der Waals surface area contributed by atoms with E-state index in [-0.39, 0.29) is 24.3 Å². The Kier molecular flexibility index (Phi) is 6.25. The molecule has 3 rings (SSSR count). The smallest absolute Gasteiger partial charge is 0.243 e. The van der Waals surface area contributed by atoms with E-state index < -0.39 is 0 Å². The van der Waals surface area contributed by atoms with E-state index in [0.717, 1.165) is 19.5 Å². The predicted octanol–water partition coefficient (Wildman–Crippen LogP) is 2.21. The highest BCUT2D eigenvalue weighted by atomic mass is 19.1. The molecule has 1 aliphatic rings. The number of nitrogens with one attached hydrogen (secondary N) is 3. The van der Waals surface area contributed by atoms with E-state index in [1.807, 2.05) is 18.2 Å². The summed E-state index contributed by atoms with van der Waals surface area (Å²) < 4.78 is 12.9. The first-order valence-electron chi connectivity index (χ1n) is 8.96. The van der Waals surface area contributed by atoms with Crippen LogP contribution in [0.1, 0.15) is 6.42 Å². The van der Waals surface area contributed by atoms with E-state index in [9.17, 15) is 9.18 Å². The summed E-state index contributed by atoms with van der Waals surface area (Å²) >= 11 is 0. The molecule has 2 aromatic rings. The quantitative estimate of drug-likeness (QED) is 0.558. The van der Waals surface area contributed by atoms with Crippen molar-refractivity contribution in [2.75, 3.05) is 36.9 Å². The van der Waals surface area contributed by atoms with Crippen LogP contribution < -0.4 is 20.9 Å². The second kappa shape index (κ2) is 9.02. The van der Waals surface area contributed by atoms with Gasteiger partial charge >= 0.3 is 0 Å². The molecule has 1 amide bonds. The van der Waals surface area contributed by atoms with Gasteiger partial charge in [-0.15, -0.1) is 0 Å². The normalized spacial score (nSPS) is 16.9. The Morgan fingerprint density at radius 1 is 1.19 bits per heavy atom. The van der Waals surface area contributed by atoms with Crippen molar-refractivity contribution in [3.05, 3.63) is 60.4 Å². The molecule has 1 fully saturated rings. The van der Waals surface area contributed by atoms with Gasteiger partial charge in [-0.1, -0.05) is 18.2 Å².